The first kappa shape index (κ1) is 14.3. The Balaban J connectivity index is 2.24. The normalized spacial score (nSPS) is 9.95. The lowest BCUT2D eigenvalue weighted by molar-refractivity contribution is 0.102. The van der Waals surface area contributed by atoms with Crippen molar-refractivity contribution in [2.45, 2.75) is 0 Å². The van der Waals surface area contributed by atoms with E-state index in [1.807, 2.05) is 0 Å². The fourth-order valence-corrected chi connectivity index (χ4v) is 1.73. The lowest BCUT2D eigenvalue weighted by Crippen LogP contribution is -2.14. The molecule has 1 aromatic heterocycles. The number of carbonyl (C=O) groups is 1. The van der Waals surface area contributed by atoms with E-state index in [4.69, 9.17) is 9.47 Å². The number of ether oxygens (including phenoxy) is 2. The van der Waals surface area contributed by atoms with Gasteiger partial charge in [0, 0.05) is 6.07 Å². The van der Waals surface area contributed by atoms with Gasteiger partial charge in [-0.3, -0.25) is 4.79 Å². The predicted molar refractivity (Wildman–Crippen MR) is 77.2 cm³/mol. The minimum atomic E-state index is -0.378. The molecule has 0 saturated heterocycles. The fourth-order valence-electron chi connectivity index (χ4n) is 1.53. The van der Waals surface area contributed by atoms with Crippen molar-refractivity contribution in [2.75, 3.05) is 19.5 Å². The molecular weight excluding hydrogens is 326 g/mol. The van der Waals surface area contributed by atoms with Crippen molar-refractivity contribution >= 4 is 27.5 Å². The molecule has 0 aliphatic heterocycles. The minimum Gasteiger partial charge on any atom is -0.497 e. The summed E-state index contributed by atoms with van der Waals surface area (Å²) in [5.41, 5.74) is 0.708. The molecule has 0 fully saturated rings. The summed E-state index contributed by atoms with van der Waals surface area (Å²) in [5, 5.41) is 2.71. The van der Waals surface area contributed by atoms with Gasteiger partial charge < -0.3 is 14.8 Å². The molecule has 0 aliphatic carbocycles. The zero-order chi connectivity index (χ0) is 14.5. The Kier molecular flexibility index (Phi) is 4.52. The van der Waals surface area contributed by atoms with Crippen LogP contribution in [0.2, 0.25) is 0 Å². The van der Waals surface area contributed by atoms with Crippen molar-refractivity contribution in [3.63, 3.8) is 0 Å². The zero-order valence-corrected chi connectivity index (χ0v) is 12.5. The summed E-state index contributed by atoms with van der Waals surface area (Å²) in [7, 11) is 3.07. The molecule has 1 N–H and O–H groups in total. The van der Waals surface area contributed by atoms with E-state index >= 15 is 0 Å². The summed E-state index contributed by atoms with van der Waals surface area (Å²) in [5.74, 6) is 0.767. The second-order valence-electron chi connectivity index (χ2n) is 3.74. The van der Waals surface area contributed by atoms with Gasteiger partial charge in [0.2, 0.25) is 0 Å². The first-order valence-corrected chi connectivity index (χ1v) is 6.44. The van der Waals surface area contributed by atoms with E-state index in [0.29, 0.717) is 21.8 Å². The van der Waals surface area contributed by atoms with Crippen LogP contribution in [0.15, 0.2) is 35.2 Å². The van der Waals surface area contributed by atoms with Crippen LogP contribution in [-0.4, -0.2) is 30.1 Å². The maximum absolute atomic E-state index is 12.1. The van der Waals surface area contributed by atoms with Crippen LogP contribution in [-0.2, 0) is 0 Å². The Morgan fingerprint density at radius 2 is 2.00 bits per heavy atom. The molecule has 0 atom stereocenters. The molecule has 1 heterocycles. The number of hydrogen-bond acceptors (Lipinski definition) is 5. The maximum Gasteiger partial charge on any atom is 0.275 e. The Labute approximate surface area is 124 Å². The summed E-state index contributed by atoms with van der Waals surface area (Å²) >= 11 is 3.16. The summed E-state index contributed by atoms with van der Waals surface area (Å²) in [6, 6.07) is 5.12. The largest absolute Gasteiger partial charge is 0.497 e. The van der Waals surface area contributed by atoms with Crippen molar-refractivity contribution in [1.29, 1.82) is 0 Å². The highest BCUT2D eigenvalue weighted by Gasteiger charge is 2.12. The van der Waals surface area contributed by atoms with Gasteiger partial charge in [-0.15, -0.1) is 0 Å². The first-order valence-electron chi connectivity index (χ1n) is 5.65. The van der Waals surface area contributed by atoms with Crippen LogP contribution in [0.3, 0.4) is 0 Å². The molecule has 104 valence electrons. The first-order chi connectivity index (χ1) is 9.63. The van der Waals surface area contributed by atoms with Gasteiger partial charge in [0.25, 0.3) is 5.91 Å². The quantitative estimate of drug-likeness (QED) is 0.927. The number of amides is 1. The van der Waals surface area contributed by atoms with E-state index in [-0.39, 0.29) is 11.6 Å². The third kappa shape index (κ3) is 3.24. The van der Waals surface area contributed by atoms with Gasteiger partial charge in [0.1, 0.15) is 21.8 Å². The number of nitrogens with zero attached hydrogens (tertiary/aromatic N) is 2. The Morgan fingerprint density at radius 1 is 1.20 bits per heavy atom. The molecule has 1 aromatic carbocycles. The molecule has 2 rings (SSSR count). The average Bonchev–Trinajstić information content (AvgIpc) is 2.47. The lowest BCUT2D eigenvalue weighted by atomic mass is 10.2. The van der Waals surface area contributed by atoms with Crippen LogP contribution in [0, 0.1) is 0 Å². The van der Waals surface area contributed by atoms with E-state index in [0.717, 1.165) is 0 Å². The van der Waals surface area contributed by atoms with E-state index in [1.165, 1.54) is 19.5 Å². The Bertz CT molecular complexity index is 617. The van der Waals surface area contributed by atoms with Gasteiger partial charge >= 0.3 is 0 Å². The van der Waals surface area contributed by atoms with Gasteiger partial charge in [-0.25, -0.2) is 9.97 Å². The molecule has 0 radical (unpaired) electrons. The van der Waals surface area contributed by atoms with Crippen LogP contribution in [0.25, 0.3) is 0 Å². The van der Waals surface area contributed by atoms with Gasteiger partial charge in [-0.2, -0.15) is 0 Å². The van der Waals surface area contributed by atoms with Gasteiger partial charge in [0.05, 0.1) is 32.3 Å². The summed E-state index contributed by atoms with van der Waals surface area (Å²) < 4.78 is 10.9. The fraction of sp³-hybridized carbons (Fsp3) is 0.154. The van der Waals surface area contributed by atoms with E-state index in [9.17, 15) is 4.79 Å². The van der Waals surface area contributed by atoms with Crippen molar-refractivity contribution < 1.29 is 14.3 Å². The number of nitrogens with one attached hydrogen (secondary N) is 1. The number of halogens is 1. The highest BCUT2D eigenvalue weighted by Crippen LogP contribution is 2.29. The predicted octanol–water partition coefficient (Wildman–Crippen LogP) is 2.51. The number of benzene rings is 1. The molecule has 0 spiro atoms. The summed E-state index contributed by atoms with van der Waals surface area (Å²) in [4.78, 5) is 20.0. The number of methoxy groups -OCH3 is 2. The SMILES string of the molecule is COc1ccc(OC)c(NC(=O)c2cnc(Br)cn2)c1. The Hall–Kier alpha value is -2.15. The van der Waals surface area contributed by atoms with Crippen molar-refractivity contribution in [3.05, 3.63) is 40.9 Å². The molecule has 1 amide bonds. The van der Waals surface area contributed by atoms with Crippen LogP contribution >= 0.6 is 15.9 Å². The van der Waals surface area contributed by atoms with Crippen molar-refractivity contribution in [3.8, 4) is 11.5 Å². The van der Waals surface area contributed by atoms with E-state index in [1.54, 1.807) is 25.3 Å². The van der Waals surface area contributed by atoms with Gasteiger partial charge in [-0.1, -0.05) is 0 Å². The van der Waals surface area contributed by atoms with Crippen molar-refractivity contribution in [2.24, 2.45) is 0 Å². The molecular formula is C13H12BrN3O3. The molecule has 20 heavy (non-hydrogen) atoms. The van der Waals surface area contributed by atoms with Crippen molar-refractivity contribution in [1.82, 2.24) is 9.97 Å². The Morgan fingerprint density at radius 3 is 2.60 bits per heavy atom. The van der Waals surface area contributed by atoms with Crippen LogP contribution in [0.1, 0.15) is 10.5 Å². The van der Waals surface area contributed by atoms with E-state index < -0.39 is 0 Å². The average molecular weight is 338 g/mol. The highest BCUT2D eigenvalue weighted by atomic mass is 79.9. The van der Waals surface area contributed by atoms with Crippen LogP contribution in [0.5, 0.6) is 11.5 Å². The van der Waals surface area contributed by atoms with E-state index in [2.05, 4.69) is 31.2 Å². The smallest absolute Gasteiger partial charge is 0.275 e. The van der Waals surface area contributed by atoms with Crippen LogP contribution < -0.4 is 14.8 Å². The molecule has 6 nitrogen and oxygen atoms in total. The monoisotopic (exact) mass is 337 g/mol. The number of rotatable bonds is 4. The lowest BCUT2D eigenvalue weighted by Gasteiger charge is -2.11. The van der Waals surface area contributed by atoms with Gasteiger partial charge in [-0.05, 0) is 28.1 Å². The minimum absolute atomic E-state index is 0.207. The standard InChI is InChI=1S/C13H12BrN3O3/c1-19-8-3-4-11(20-2)9(5-8)17-13(18)10-6-16-12(14)7-15-10/h3-7H,1-2H3,(H,17,18). The second-order valence-corrected chi connectivity index (χ2v) is 4.56. The molecule has 2 aromatic rings. The zero-order valence-electron chi connectivity index (χ0n) is 10.9. The highest BCUT2D eigenvalue weighted by molar-refractivity contribution is 9.10. The molecule has 7 heteroatoms. The number of aromatic nitrogens is 2. The molecule has 0 bridgehead atoms. The molecule has 0 saturated carbocycles. The molecule has 0 unspecified atom stereocenters. The maximum atomic E-state index is 12.1. The summed E-state index contributed by atoms with van der Waals surface area (Å²) in [6.45, 7) is 0. The topological polar surface area (TPSA) is 73.3 Å². The second kappa shape index (κ2) is 6.33. The van der Waals surface area contributed by atoms with Gasteiger partial charge in [0.15, 0.2) is 0 Å². The third-order valence-electron chi connectivity index (χ3n) is 2.51. The number of hydrogen-bond donors (Lipinski definition) is 1. The number of anilines is 1. The number of carbonyl (C=O) groups excluding carboxylic acids is 1. The summed E-state index contributed by atoms with van der Waals surface area (Å²) in [6.07, 6.45) is 2.84. The molecule has 0 aliphatic rings. The van der Waals surface area contributed by atoms with Crippen LogP contribution in [0.4, 0.5) is 5.69 Å². The third-order valence-corrected chi connectivity index (χ3v) is 2.92.